The van der Waals surface area contributed by atoms with Crippen molar-refractivity contribution in [3.63, 3.8) is 0 Å². The van der Waals surface area contributed by atoms with E-state index in [-0.39, 0.29) is 34.2 Å². The Morgan fingerprint density at radius 3 is 1.73 bits per heavy atom. The van der Waals surface area contributed by atoms with E-state index in [1.807, 2.05) is 0 Å². The van der Waals surface area contributed by atoms with Gasteiger partial charge < -0.3 is 21.7 Å². The van der Waals surface area contributed by atoms with Gasteiger partial charge in [0.25, 0.3) is 11.4 Å². The average Bonchev–Trinajstić information content (AvgIpc) is 2.45. The molecule has 6 N–H and O–H groups in total. The molecule has 0 spiro atoms. The smallest absolute Gasteiger partial charge is 0.273 e. The highest BCUT2D eigenvalue weighted by atomic mass is 16.6. The third-order valence-electron chi connectivity index (χ3n) is 2.45. The number of nitrogens with two attached hydrogens (primary N) is 2. The molecule has 116 valence electrons. The largest absolute Gasteiger partial charge is 0.506 e. The van der Waals surface area contributed by atoms with Gasteiger partial charge in [-0.25, -0.2) is 0 Å². The van der Waals surface area contributed by atoms with E-state index in [1.165, 1.54) is 24.3 Å². The molecule has 0 radical (unpaired) electrons. The third-order valence-corrected chi connectivity index (χ3v) is 2.45. The Morgan fingerprint density at radius 1 is 0.773 bits per heavy atom. The fraction of sp³-hybridized carbons (Fsp3) is 0. The number of benzene rings is 2. The number of phenols is 2. The van der Waals surface area contributed by atoms with E-state index < -0.39 is 9.85 Å². The van der Waals surface area contributed by atoms with Crippen molar-refractivity contribution in [1.82, 2.24) is 0 Å². The lowest BCUT2D eigenvalue weighted by atomic mass is 10.2. The summed E-state index contributed by atoms with van der Waals surface area (Å²) < 4.78 is 0. The minimum Gasteiger partial charge on any atom is -0.506 e. The average molecular weight is 308 g/mol. The van der Waals surface area contributed by atoms with Crippen LogP contribution in [0.15, 0.2) is 36.4 Å². The molecule has 10 heteroatoms. The summed E-state index contributed by atoms with van der Waals surface area (Å²) in [6, 6.07) is 7.01. The fourth-order valence-corrected chi connectivity index (χ4v) is 1.30. The number of hydrogen-bond acceptors (Lipinski definition) is 8. The second kappa shape index (κ2) is 6.74. The summed E-state index contributed by atoms with van der Waals surface area (Å²) in [6.45, 7) is 0. The second-order valence-corrected chi connectivity index (χ2v) is 4.00. The first-order valence-corrected chi connectivity index (χ1v) is 5.68. The number of anilines is 2. The van der Waals surface area contributed by atoms with E-state index >= 15 is 0 Å². The van der Waals surface area contributed by atoms with Crippen LogP contribution in [0.5, 0.6) is 11.5 Å². The van der Waals surface area contributed by atoms with Crippen LogP contribution in [0.3, 0.4) is 0 Å². The highest BCUT2D eigenvalue weighted by Crippen LogP contribution is 2.25. The zero-order valence-electron chi connectivity index (χ0n) is 11.0. The van der Waals surface area contributed by atoms with Crippen LogP contribution in [0.4, 0.5) is 22.7 Å². The Bertz CT molecular complexity index is 657. The van der Waals surface area contributed by atoms with Crippen LogP contribution in [0.25, 0.3) is 0 Å². The Labute approximate surface area is 123 Å². The molecule has 0 aromatic heterocycles. The van der Waals surface area contributed by atoms with Crippen LogP contribution in [0.1, 0.15) is 0 Å². The molecule has 22 heavy (non-hydrogen) atoms. The number of non-ortho nitro benzene ring substituents is 2. The molecule has 2 aromatic carbocycles. The monoisotopic (exact) mass is 308 g/mol. The molecule has 0 fully saturated rings. The topological polar surface area (TPSA) is 179 Å². The van der Waals surface area contributed by atoms with E-state index in [4.69, 9.17) is 21.7 Å². The quantitative estimate of drug-likeness (QED) is 0.280. The Morgan fingerprint density at radius 2 is 1.27 bits per heavy atom. The summed E-state index contributed by atoms with van der Waals surface area (Å²) in [7, 11) is 0. The zero-order valence-corrected chi connectivity index (χ0v) is 11.0. The summed E-state index contributed by atoms with van der Waals surface area (Å²) in [5, 5.41) is 38.0. The molecule has 2 rings (SSSR count). The predicted octanol–water partition coefficient (Wildman–Crippen LogP) is 1.77. The minimum atomic E-state index is -0.598. The van der Waals surface area contributed by atoms with Gasteiger partial charge in [0.1, 0.15) is 11.5 Å². The molecule has 10 nitrogen and oxygen atoms in total. The maximum absolute atomic E-state index is 10.1. The minimum absolute atomic E-state index is 0.0131. The van der Waals surface area contributed by atoms with Crippen molar-refractivity contribution in [3.05, 3.63) is 56.6 Å². The Hall–Kier alpha value is -3.56. The van der Waals surface area contributed by atoms with E-state index in [0.717, 1.165) is 12.1 Å². The molecule has 0 aliphatic rings. The van der Waals surface area contributed by atoms with Gasteiger partial charge in [-0.15, -0.1) is 0 Å². The van der Waals surface area contributed by atoms with Gasteiger partial charge >= 0.3 is 0 Å². The van der Waals surface area contributed by atoms with Crippen molar-refractivity contribution in [2.75, 3.05) is 11.5 Å². The lowest BCUT2D eigenvalue weighted by molar-refractivity contribution is -0.385. The van der Waals surface area contributed by atoms with Crippen molar-refractivity contribution in [3.8, 4) is 11.5 Å². The first kappa shape index (κ1) is 16.5. The highest BCUT2D eigenvalue weighted by molar-refractivity contribution is 5.57. The van der Waals surface area contributed by atoms with Gasteiger partial charge in [0.2, 0.25) is 0 Å². The summed E-state index contributed by atoms with van der Waals surface area (Å²) in [5.41, 5.74) is 10.3. The van der Waals surface area contributed by atoms with Gasteiger partial charge in [0.15, 0.2) is 0 Å². The van der Waals surface area contributed by atoms with Crippen LogP contribution in [-0.2, 0) is 0 Å². The summed E-state index contributed by atoms with van der Waals surface area (Å²) >= 11 is 0. The van der Waals surface area contributed by atoms with Gasteiger partial charge in [-0.1, -0.05) is 0 Å². The number of nitrogens with zero attached hydrogens (tertiary/aromatic N) is 2. The van der Waals surface area contributed by atoms with Crippen molar-refractivity contribution in [2.45, 2.75) is 0 Å². The lowest BCUT2D eigenvalue weighted by Crippen LogP contribution is -1.90. The number of aromatic hydroxyl groups is 2. The van der Waals surface area contributed by atoms with Crippen LogP contribution in [0, 0.1) is 20.2 Å². The zero-order chi connectivity index (χ0) is 16.9. The maximum Gasteiger partial charge on any atom is 0.273 e. The van der Waals surface area contributed by atoms with Crippen molar-refractivity contribution in [2.24, 2.45) is 0 Å². The maximum atomic E-state index is 10.1. The molecule has 0 saturated heterocycles. The predicted molar refractivity (Wildman–Crippen MR) is 78.3 cm³/mol. The molecule has 0 saturated carbocycles. The number of rotatable bonds is 2. The SMILES string of the molecule is Nc1cc([N+](=O)[O-])ccc1O.Nc1ccc([N+](=O)[O-])cc1O. The molecule has 0 aliphatic heterocycles. The van der Waals surface area contributed by atoms with Crippen molar-refractivity contribution >= 4 is 22.7 Å². The summed E-state index contributed by atoms with van der Waals surface area (Å²) in [4.78, 5) is 19.1. The van der Waals surface area contributed by atoms with Gasteiger partial charge in [-0.3, -0.25) is 20.2 Å². The molecule has 0 atom stereocenters. The number of phenolic OH excluding ortho intramolecular Hbond substituents is 2. The fourth-order valence-electron chi connectivity index (χ4n) is 1.30. The molecule has 0 unspecified atom stereocenters. The normalized spacial score (nSPS) is 9.45. The van der Waals surface area contributed by atoms with E-state index in [1.54, 1.807) is 0 Å². The first-order chi connectivity index (χ1) is 10.2. The van der Waals surface area contributed by atoms with Crippen LogP contribution >= 0.6 is 0 Å². The third kappa shape index (κ3) is 4.23. The summed E-state index contributed by atoms with van der Waals surface area (Å²) in [5.74, 6) is -0.408. The van der Waals surface area contributed by atoms with E-state index in [0.29, 0.717) is 0 Å². The van der Waals surface area contributed by atoms with Crippen molar-refractivity contribution < 1.29 is 20.1 Å². The highest BCUT2D eigenvalue weighted by Gasteiger charge is 2.07. The molecular formula is C12H12N4O6. The number of nitro benzene ring substituents is 2. The molecule has 0 bridgehead atoms. The van der Waals surface area contributed by atoms with Gasteiger partial charge in [-0.05, 0) is 12.1 Å². The Balaban J connectivity index is 0.000000220. The van der Waals surface area contributed by atoms with Crippen LogP contribution in [0.2, 0.25) is 0 Å². The Kier molecular flexibility index (Phi) is 5.06. The standard InChI is InChI=1S/2C6H6N2O3/c7-5-3-4(8(10)11)1-2-6(5)9;7-5-2-1-4(8(10)11)3-6(5)9/h2*1-3,9H,7H2. The molecule has 0 amide bonds. The van der Waals surface area contributed by atoms with Crippen LogP contribution in [-0.4, -0.2) is 20.1 Å². The summed E-state index contributed by atoms with van der Waals surface area (Å²) in [6.07, 6.45) is 0. The molecule has 0 aliphatic carbocycles. The number of hydrogen-bond donors (Lipinski definition) is 4. The molecule has 0 heterocycles. The molecular weight excluding hydrogens is 296 g/mol. The number of nitro groups is 2. The van der Waals surface area contributed by atoms with Gasteiger partial charge in [0, 0.05) is 18.2 Å². The first-order valence-electron chi connectivity index (χ1n) is 5.68. The number of nitrogen functional groups attached to an aromatic ring is 2. The molecule has 2 aromatic rings. The lowest BCUT2D eigenvalue weighted by Gasteiger charge is -1.96. The van der Waals surface area contributed by atoms with Crippen molar-refractivity contribution in [1.29, 1.82) is 0 Å². The van der Waals surface area contributed by atoms with Gasteiger partial charge in [0.05, 0.1) is 27.3 Å². The van der Waals surface area contributed by atoms with E-state index in [2.05, 4.69) is 0 Å². The van der Waals surface area contributed by atoms with Gasteiger partial charge in [-0.2, -0.15) is 0 Å². The van der Waals surface area contributed by atoms with E-state index in [9.17, 15) is 20.2 Å². The second-order valence-electron chi connectivity index (χ2n) is 4.00. The van der Waals surface area contributed by atoms with Crippen LogP contribution < -0.4 is 11.5 Å².